The van der Waals surface area contributed by atoms with Gasteiger partial charge >= 0.3 is 0 Å². The van der Waals surface area contributed by atoms with E-state index in [4.69, 9.17) is 4.42 Å². The Morgan fingerprint density at radius 1 is 0.553 bits per heavy atom. The maximum absolute atomic E-state index is 6.16. The van der Waals surface area contributed by atoms with Crippen LogP contribution in [0.4, 0.5) is 0 Å². The van der Waals surface area contributed by atoms with Crippen molar-refractivity contribution >= 4 is 21.9 Å². The fourth-order valence-corrected chi connectivity index (χ4v) is 4.33. The van der Waals surface area contributed by atoms with Crippen molar-refractivity contribution in [1.29, 1.82) is 0 Å². The molecule has 0 amide bonds. The number of hydrogen-bond donors (Lipinski definition) is 0. The van der Waals surface area contributed by atoms with E-state index >= 15 is 0 Å². The summed E-state index contributed by atoms with van der Waals surface area (Å²) < 4.78 is 6.16. The van der Waals surface area contributed by atoms with Crippen molar-refractivity contribution in [3.63, 3.8) is 0 Å². The van der Waals surface area contributed by atoms with Gasteiger partial charge in [-0.25, -0.2) is 0 Å². The van der Waals surface area contributed by atoms with Gasteiger partial charge in [-0.15, -0.1) is 54.1 Å². The van der Waals surface area contributed by atoms with E-state index in [0.717, 1.165) is 44.5 Å². The minimum atomic E-state index is 0. The first-order chi connectivity index (χ1) is 18.4. The second-order valence-corrected chi connectivity index (χ2v) is 8.48. The van der Waals surface area contributed by atoms with Crippen LogP contribution in [0.3, 0.4) is 0 Å². The van der Waals surface area contributed by atoms with Crippen LogP contribution in [0.15, 0.2) is 138 Å². The molecule has 4 aromatic carbocycles. The molecule has 38 heavy (non-hydrogen) atoms. The van der Waals surface area contributed by atoms with E-state index in [-0.39, 0.29) is 20.1 Å². The van der Waals surface area contributed by atoms with Gasteiger partial charge in [0.05, 0.1) is 5.58 Å². The third-order valence-electron chi connectivity index (χ3n) is 6.11. The molecule has 4 heteroatoms. The Labute approximate surface area is 235 Å². The molecule has 0 fully saturated rings. The molecule has 0 aliphatic rings. The monoisotopic (exact) mass is 667 g/mol. The summed E-state index contributed by atoms with van der Waals surface area (Å²) in [5.74, 6) is 0. The summed E-state index contributed by atoms with van der Waals surface area (Å²) in [4.78, 5) is 8.66. The summed E-state index contributed by atoms with van der Waals surface area (Å²) in [5.41, 5.74) is 7.88. The van der Waals surface area contributed by atoms with Crippen molar-refractivity contribution in [3.05, 3.63) is 146 Å². The van der Waals surface area contributed by atoms with Crippen LogP contribution >= 0.6 is 0 Å². The maximum Gasteiger partial charge on any atom is 0.120 e. The fourth-order valence-electron chi connectivity index (χ4n) is 4.33. The summed E-state index contributed by atoms with van der Waals surface area (Å²) in [5, 5.41) is 2.20. The van der Waals surface area contributed by atoms with Crippen LogP contribution in [-0.4, -0.2) is 9.97 Å². The van der Waals surface area contributed by atoms with Crippen molar-refractivity contribution in [3.8, 4) is 33.6 Å². The standard InChI is InChI=1S/C23H14NO.C11H8N.Ir/c1-2-7-16(8-3-1)17-12-13-22-20(15-17)18-9-6-10-19(23(18)25-22)21-11-4-5-14-24-21;1-2-6-10(7-3-1)11-8-4-5-9-12-11;/h1-9,11-15H;1-6,8-9H;/q2*-1;. The molecule has 0 unspecified atom stereocenters. The molecule has 185 valence electrons. The van der Waals surface area contributed by atoms with E-state index in [2.05, 4.69) is 64.6 Å². The molecule has 0 spiro atoms. The van der Waals surface area contributed by atoms with Gasteiger partial charge in [-0.05, 0) is 46.8 Å². The zero-order chi connectivity index (χ0) is 24.9. The van der Waals surface area contributed by atoms with Gasteiger partial charge in [-0.2, -0.15) is 0 Å². The predicted octanol–water partition coefficient (Wildman–Crippen LogP) is 8.66. The predicted molar refractivity (Wildman–Crippen MR) is 150 cm³/mol. The van der Waals surface area contributed by atoms with Crippen molar-refractivity contribution < 1.29 is 24.5 Å². The normalized spacial score (nSPS) is 10.4. The zero-order valence-electron chi connectivity index (χ0n) is 20.3. The van der Waals surface area contributed by atoms with Gasteiger partial charge in [0, 0.05) is 37.9 Å². The fraction of sp³-hybridized carbons (Fsp3) is 0. The van der Waals surface area contributed by atoms with E-state index in [1.54, 1.807) is 12.4 Å². The minimum absolute atomic E-state index is 0. The molecular formula is C34H22IrN2O-2. The third-order valence-corrected chi connectivity index (χ3v) is 6.11. The molecule has 0 bridgehead atoms. The third kappa shape index (κ3) is 5.33. The molecule has 7 aromatic rings. The molecule has 3 heterocycles. The van der Waals surface area contributed by atoms with Crippen LogP contribution in [0.1, 0.15) is 0 Å². The number of aromatic nitrogens is 2. The zero-order valence-corrected chi connectivity index (χ0v) is 22.7. The first-order valence-electron chi connectivity index (χ1n) is 12.1. The second kappa shape index (κ2) is 11.8. The van der Waals surface area contributed by atoms with Crippen LogP contribution in [-0.2, 0) is 20.1 Å². The molecular weight excluding hydrogens is 645 g/mol. The molecule has 1 radical (unpaired) electrons. The van der Waals surface area contributed by atoms with Crippen molar-refractivity contribution in [1.82, 2.24) is 9.97 Å². The van der Waals surface area contributed by atoms with Gasteiger partial charge in [0.25, 0.3) is 0 Å². The number of hydrogen-bond acceptors (Lipinski definition) is 3. The Morgan fingerprint density at radius 2 is 1.29 bits per heavy atom. The molecule has 3 aromatic heterocycles. The Balaban J connectivity index is 0.000000191. The van der Waals surface area contributed by atoms with E-state index in [1.807, 2.05) is 78.9 Å². The second-order valence-electron chi connectivity index (χ2n) is 8.48. The molecule has 0 aliphatic heterocycles. The van der Waals surface area contributed by atoms with E-state index in [9.17, 15) is 0 Å². The average molecular weight is 667 g/mol. The first kappa shape index (κ1) is 25.3. The van der Waals surface area contributed by atoms with Crippen LogP contribution in [0.5, 0.6) is 0 Å². The molecule has 7 rings (SSSR count). The summed E-state index contributed by atoms with van der Waals surface area (Å²) in [6, 6.07) is 46.7. The van der Waals surface area contributed by atoms with Gasteiger partial charge in [-0.3, -0.25) is 0 Å². The van der Waals surface area contributed by atoms with Crippen molar-refractivity contribution in [2.24, 2.45) is 0 Å². The van der Waals surface area contributed by atoms with Gasteiger partial charge in [0.2, 0.25) is 0 Å². The topological polar surface area (TPSA) is 38.9 Å². The summed E-state index contributed by atoms with van der Waals surface area (Å²) in [7, 11) is 0. The van der Waals surface area contributed by atoms with Crippen LogP contribution in [0, 0.1) is 12.1 Å². The Morgan fingerprint density at radius 3 is 2.00 bits per heavy atom. The van der Waals surface area contributed by atoms with Crippen LogP contribution in [0.2, 0.25) is 0 Å². The number of rotatable bonds is 3. The minimum Gasteiger partial charge on any atom is -0.501 e. The van der Waals surface area contributed by atoms with Crippen LogP contribution in [0.25, 0.3) is 55.6 Å². The number of benzene rings is 4. The van der Waals surface area contributed by atoms with Gasteiger partial charge in [-0.1, -0.05) is 71.6 Å². The Hall–Kier alpha value is -4.37. The molecule has 0 saturated carbocycles. The summed E-state index contributed by atoms with van der Waals surface area (Å²) in [6.45, 7) is 0. The quantitative estimate of drug-likeness (QED) is 0.177. The molecule has 0 N–H and O–H groups in total. The van der Waals surface area contributed by atoms with E-state index in [0.29, 0.717) is 0 Å². The largest absolute Gasteiger partial charge is 0.501 e. The van der Waals surface area contributed by atoms with Gasteiger partial charge in [0.15, 0.2) is 0 Å². The smallest absolute Gasteiger partial charge is 0.120 e. The van der Waals surface area contributed by atoms with E-state index < -0.39 is 0 Å². The summed E-state index contributed by atoms with van der Waals surface area (Å²) in [6.07, 6.45) is 3.58. The SMILES string of the molecule is [Ir].[c-]1ccc2c(oc3ccc(-c4ccccc4)cc32)c1-c1ccccn1.[c-]1ccccc1-c1ccccn1. The Kier molecular flexibility index (Phi) is 7.84. The van der Waals surface area contributed by atoms with E-state index in [1.165, 1.54) is 11.1 Å². The molecule has 0 aliphatic carbocycles. The first-order valence-corrected chi connectivity index (χ1v) is 12.1. The molecule has 0 saturated heterocycles. The number of nitrogens with zero attached hydrogens (tertiary/aromatic N) is 2. The molecule has 3 nitrogen and oxygen atoms in total. The van der Waals surface area contributed by atoms with Gasteiger partial charge in [0.1, 0.15) is 5.58 Å². The maximum atomic E-state index is 6.16. The molecule has 0 atom stereocenters. The average Bonchev–Trinajstić information content (AvgIpc) is 3.37. The number of furan rings is 1. The van der Waals surface area contributed by atoms with Crippen molar-refractivity contribution in [2.45, 2.75) is 0 Å². The van der Waals surface area contributed by atoms with Gasteiger partial charge < -0.3 is 14.4 Å². The Bertz CT molecular complexity index is 1710. The number of pyridine rings is 2. The number of fused-ring (bicyclic) bond motifs is 3. The van der Waals surface area contributed by atoms with Crippen molar-refractivity contribution in [2.75, 3.05) is 0 Å². The summed E-state index contributed by atoms with van der Waals surface area (Å²) >= 11 is 0. The van der Waals surface area contributed by atoms with Crippen LogP contribution < -0.4 is 0 Å².